The lowest BCUT2D eigenvalue weighted by Crippen LogP contribution is -2.51. The molecular weight excluding hydrogens is 742 g/mol. The van der Waals surface area contributed by atoms with E-state index in [1.165, 1.54) is 21.7 Å². The van der Waals surface area contributed by atoms with Gasteiger partial charge in [-0.1, -0.05) is 36.2 Å². The third-order valence-corrected chi connectivity index (χ3v) is 10.3. The maximum Gasteiger partial charge on any atom is 0.416 e. The highest BCUT2D eigenvalue weighted by molar-refractivity contribution is 6.33. The van der Waals surface area contributed by atoms with Crippen LogP contribution in [0.1, 0.15) is 40.9 Å². The number of benzene rings is 1. The summed E-state index contributed by atoms with van der Waals surface area (Å²) >= 11 is 12.1. The van der Waals surface area contributed by atoms with E-state index in [-0.39, 0.29) is 72.0 Å². The molecule has 2 N–H and O–H groups in total. The van der Waals surface area contributed by atoms with Crippen LogP contribution in [0.3, 0.4) is 0 Å². The fourth-order valence-electron chi connectivity index (χ4n) is 6.72. The second kappa shape index (κ2) is 14.6. The van der Waals surface area contributed by atoms with Gasteiger partial charge >= 0.3 is 6.18 Å². The molecule has 0 aliphatic carbocycles. The van der Waals surface area contributed by atoms with E-state index in [1.807, 2.05) is 17.9 Å². The highest BCUT2D eigenvalue weighted by Crippen LogP contribution is 2.34. The standard InChI is InChI=1S/C34H34Cl2F3N9O5/c1-2-25-28(45-11-13-46(14-12-45)31(51)27-29(50)22(35)5-8-40-27)32(52)48-33(42-30(43-48)19-6-9-44(10-7-19)21-17-53-18-21)47(25)16-26(49)41-24-4-3-20(15-23(24)36)34(37,38)39/h3-6,8,15,21,50H,2,7,9-14,16-18H2,1H3,(H,41,49). The number of fused-ring (bicyclic) bond motifs is 1. The minimum atomic E-state index is -4.62. The van der Waals surface area contributed by atoms with Crippen molar-refractivity contribution in [3.8, 4) is 5.75 Å². The summed E-state index contributed by atoms with van der Waals surface area (Å²) in [5.74, 6) is -1.10. The van der Waals surface area contributed by atoms with Crippen molar-refractivity contribution < 1.29 is 32.6 Å². The van der Waals surface area contributed by atoms with E-state index in [0.717, 1.165) is 30.3 Å². The first-order valence-electron chi connectivity index (χ1n) is 16.9. The molecule has 53 heavy (non-hydrogen) atoms. The molecule has 0 saturated carbocycles. The van der Waals surface area contributed by atoms with Crippen molar-refractivity contribution in [2.24, 2.45) is 0 Å². The van der Waals surface area contributed by atoms with Gasteiger partial charge in [0.2, 0.25) is 11.7 Å². The predicted molar refractivity (Wildman–Crippen MR) is 190 cm³/mol. The zero-order valence-corrected chi connectivity index (χ0v) is 29.9. The molecule has 7 rings (SSSR count). The smallest absolute Gasteiger partial charge is 0.416 e. The molecule has 280 valence electrons. The predicted octanol–water partition coefficient (Wildman–Crippen LogP) is 3.97. The van der Waals surface area contributed by atoms with E-state index in [4.69, 9.17) is 32.9 Å². The summed E-state index contributed by atoms with van der Waals surface area (Å²) in [5, 5.41) is 17.3. The molecule has 3 aliphatic heterocycles. The number of carbonyl (C=O) groups is 2. The number of anilines is 2. The van der Waals surface area contributed by atoms with Gasteiger partial charge in [-0.25, -0.2) is 4.98 Å². The Morgan fingerprint density at radius 1 is 1.08 bits per heavy atom. The third-order valence-electron chi connectivity index (χ3n) is 9.66. The summed E-state index contributed by atoms with van der Waals surface area (Å²) < 4.78 is 47.8. The Balaban J connectivity index is 1.22. The van der Waals surface area contributed by atoms with E-state index in [9.17, 15) is 32.7 Å². The number of carbonyl (C=O) groups excluding carboxylic acids is 2. The normalized spacial score (nSPS) is 17.2. The van der Waals surface area contributed by atoms with E-state index >= 15 is 0 Å². The number of halogens is 5. The molecule has 0 unspecified atom stereocenters. The summed E-state index contributed by atoms with van der Waals surface area (Å²) in [6, 6.07) is 4.37. The number of alkyl halides is 3. The molecule has 2 saturated heterocycles. The van der Waals surface area contributed by atoms with Gasteiger partial charge in [0.15, 0.2) is 17.3 Å². The Labute approximate surface area is 310 Å². The highest BCUT2D eigenvalue weighted by atomic mass is 35.5. The van der Waals surface area contributed by atoms with Crippen LogP contribution in [-0.4, -0.2) is 109 Å². The monoisotopic (exact) mass is 775 g/mol. The number of amides is 2. The number of aromatic hydroxyl groups is 1. The molecule has 3 aromatic heterocycles. The van der Waals surface area contributed by atoms with Gasteiger partial charge in [-0.2, -0.15) is 22.7 Å². The van der Waals surface area contributed by atoms with Gasteiger partial charge in [-0.3, -0.25) is 19.3 Å². The van der Waals surface area contributed by atoms with Crippen molar-refractivity contribution in [3.05, 3.63) is 79.7 Å². The number of nitrogens with zero attached hydrogens (tertiary/aromatic N) is 8. The Morgan fingerprint density at radius 3 is 2.45 bits per heavy atom. The zero-order chi connectivity index (χ0) is 37.6. The first-order valence-corrected chi connectivity index (χ1v) is 17.7. The molecule has 0 radical (unpaired) electrons. The molecule has 3 aliphatic rings. The first kappa shape index (κ1) is 36.6. The van der Waals surface area contributed by atoms with Crippen molar-refractivity contribution in [3.63, 3.8) is 0 Å². The van der Waals surface area contributed by atoms with Crippen LogP contribution >= 0.6 is 23.2 Å². The molecule has 4 aromatic rings. The van der Waals surface area contributed by atoms with Crippen LogP contribution < -0.4 is 15.8 Å². The number of ether oxygens (including phenoxy) is 1. The third kappa shape index (κ3) is 7.17. The largest absolute Gasteiger partial charge is 0.504 e. The van der Waals surface area contributed by atoms with E-state index < -0.39 is 34.9 Å². The summed E-state index contributed by atoms with van der Waals surface area (Å²) in [4.78, 5) is 55.5. The highest BCUT2D eigenvalue weighted by Gasteiger charge is 2.33. The summed E-state index contributed by atoms with van der Waals surface area (Å²) in [5.41, 5.74) is -0.0332. The molecule has 2 fully saturated rings. The summed E-state index contributed by atoms with van der Waals surface area (Å²) in [7, 11) is 0. The van der Waals surface area contributed by atoms with Crippen LogP contribution in [0.15, 0.2) is 41.3 Å². The van der Waals surface area contributed by atoms with Crippen molar-refractivity contribution in [1.82, 2.24) is 33.9 Å². The number of hydrogen-bond donors (Lipinski definition) is 2. The molecule has 14 nitrogen and oxygen atoms in total. The second-order valence-corrected chi connectivity index (χ2v) is 13.7. The second-order valence-electron chi connectivity index (χ2n) is 12.9. The van der Waals surface area contributed by atoms with Crippen LogP contribution in [-0.2, 0) is 28.7 Å². The molecule has 6 heterocycles. The first-order chi connectivity index (χ1) is 25.3. The Bertz CT molecular complexity index is 2180. The fourth-order valence-corrected chi connectivity index (χ4v) is 7.09. The summed E-state index contributed by atoms with van der Waals surface area (Å²) in [6.07, 6.45) is -0.342. The number of hydrogen-bond acceptors (Lipinski definition) is 10. The number of aromatic nitrogens is 5. The van der Waals surface area contributed by atoms with Crippen LogP contribution in [0, 0.1) is 0 Å². The number of nitrogens with one attached hydrogen (secondary N) is 1. The average molecular weight is 777 g/mol. The van der Waals surface area contributed by atoms with Gasteiger partial charge in [0.1, 0.15) is 12.2 Å². The molecule has 0 bridgehead atoms. The minimum absolute atomic E-state index is 0.00506. The van der Waals surface area contributed by atoms with Crippen LogP contribution in [0.4, 0.5) is 24.5 Å². The van der Waals surface area contributed by atoms with Crippen molar-refractivity contribution in [1.29, 1.82) is 0 Å². The van der Waals surface area contributed by atoms with Gasteiger partial charge in [0.25, 0.3) is 11.5 Å². The Morgan fingerprint density at radius 2 is 1.83 bits per heavy atom. The molecule has 19 heteroatoms. The van der Waals surface area contributed by atoms with Crippen molar-refractivity contribution in [2.75, 3.05) is 62.7 Å². The maximum absolute atomic E-state index is 14.3. The molecule has 0 spiro atoms. The van der Waals surface area contributed by atoms with Gasteiger partial charge in [-0.15, -0.1) is 5.10 Å². The van der Waals surface area contributed by atoms with E-state index in [1.54, 1.807) is 4.57 Å². The fraction of sp³-hybridized carbons (Fsp3) is 0.412. The van der Waals surface area contributed by atoms with Gasteiger partial charge in [0.05, 0.1) is 46.2 Å². The molecule has 2 amide bonds. The van der Waals surface area contributed by atoms with E-state index in [0.29, 0.717) is 43.7 Å². The number of pyridine rings is 1. The van der Waals surface area contributed by atoms with Gasteiger partial charge in [0, 0.05) is 45.5 Å². The van der Waals surface area contributed by atoms with Crippen LogP contribution in [0.2, 0.25) is 10.0 Å². The van der Waals surface area contributed by atoms with Crippen LogP contribution in [0.25, 0.3) is 11.4 Å². The number of rotatable bonds is 8. The van der Waals surface area contributed by atoms with Gasteiger partial charge < -0.3 is 29.5 Å². The Hall–Kier alpha value is -4.71. The van der Waals surface area contributed by atoms with Crippen molar-refractivity contribution in [2.45, 2.75) is 38.5 Å². The molecule has 1 aromatic carbocycles. The van der Waals surface area contributed by atoms with E-state index in [2.05, 4.69) is 20.3 Å². The quantitative estimate of drug-likeness (QED) is 0.269. The Kier molecular flexibility index (Phi) is 10.1. The topological polar surface area (TPSA) is 150 Å². The lowest BCUT2D eigenvalue weighted by molar-refractivity contribution is -0.137. The zero-order valence-electron chi connectivity index (χ0n) is 28.4. The number of piperazine rings is 1. The van der Waals surface area contributed by atoms with Crippen LogP contribution in [0.5, 0.6) is 5.75 Å². The lowest BCUT2D eigenvalue weighted by atomic mass is 10.1. The van der Waals surface area contributed by atoms with Gasteiger partial charge in [-0.05, 0) is 42.7 Å². The maximum atomic E-state index is 14.3. The average Bonchev–Trinajstić information content (AvgIpc) is 3.56. The summed E-state index contributed by atoms with van der Waals surface area (Å²) in [6.45, 7) is 5.04. The lowest BCUT2D eigenvalue weighted by Gasteiger charge is -2.38. The minimum Gasteiger partial charge on any atom is -0.504 e. The molecular formula is C34H34Cl2F3N9O5. The molecule has 0 atom stereocenters. The van der Waals surface area contributed by atoms with Crippen molar-refractivity contribution >= 4 is 57.7 Å². The SMILES string of the molecule is CCc1c(N2CCN(C(=O)c3nccc(Cl)c3O)CC2)c(=O)n2nc(C3=CCN(C4COC4)CC3)nc2n1CC(=O)Nc1ccc(C(F)(F)F)cc1Cl.